The molecule has 0 aliphatic rings. The van der Waals surface area contributed by atoms with Crippen molar-refractivity contribution in [3.8, 4) is 0 Å². The van der Waals surface area contributed by atoms with Crippen LogP contribution in [0.15, 0.2) is 0 Å². The highest BCUT2D eigenvalue weighted by atomic mass is 35.5. The number of rotatable bonds is 9. The Bertz CT molecular complexity index is 165. The standard InChI is InChI=1S/C11H23NO3.ClH/c1-3-4-5-6-7-14-8-9-15-11(13)10(2)12;/h10H,3-9,12H2,1-2H3;1H. The number of hydrogen-bond donors (Lipinski definition) is 1. The van der Waals surface area contributed by atoms with E-state index in [2.05, 4.69) is 6.92 Å². The van der Waals surface area contributed by atoms with Crippen molar-refractivity contribution in [2.75, 3.05) is 19.8 Å². The lowest BCUT2D eigenvalue weighted by molar-refractivity contribution is -0.146. The average Bonchev–Trinajstić information content (AvgIpc) is 2.21. The number of carbonyl (C=O) groups is 1. The summed E-state index contributed by atoms with van der Waals surface area (Å²) in [5.41, 5.74) is 5.32. The molecule has 0 aliphatic carbocycles. The van der Waals surface area contributed by atoms with Crippen molar-refractivity contribution in [3.63, 3.8) is 0 Å². The zero-order chi connectivity index (χ0) is 11.5. The van der Waals surface area contributed by atoms with Gasteiger partial charge in [0.25, 0.3) is 0 Å². The molecule has 98 valence electrons. The van der Waals surface area contributed by atoms with Crippen molar-refractivity contribution in [2.45, 2.75) is 45.6 Å². The van der Waals surface area contributed by atoms with Crippen LogP contribution >= 0.6 is 12.4 Å². The molecule has 0 rings (SSSR count). The Morgan fingerprint density at radius 2 is 1.88 bits per heavy atom. The van der Waals surface area contributed by atoms with Crippen LogP contribution in [-0.2, 0) is 14.3 Å². The molecule has 0 aliphatic heterocycles. The molecule has 4 nitrogen and oxygen atoms in total. The van der Waals surface area contributed by atoms with Gasteiger partial charge in [0, 0.05) is 6.61 Å². The molecule has 0 aromatic heterocycles. The molecule has 0 spiro atoms. The predicted octanol–water partition coefficient (Wildman–Crippen LogP) is 1.90. The molecule has 1 atom stereocenters. The Morgan fingerprint density at radius 1 is 1.19 bits per heavy atom. The average molecular weight is 254 g/mol. The summed E-state index contributed by atoms with van der Waals surface area (Å²) in [7, 11) is 0. The second-order valence-electron chi connectivity index (χ2n) is 3.63. The maximum absolute atomic E-state index is 10.9. The van der Waals surface area contributed by atoms with Gasteiger partial charge in [-0.05, 0) is 13.3 Å². The molecule has 0 aromatic carbocycles. The van der Waals surface area contributed by atoms with Crippen molar-refractivity contribution in [1.82, 2.24) is 0 Å². The predicted molar refractivity (Wildman–Crippen MR) is 66.8 cm³/mol. The van der Waals surface area contributed by atoms with E-state index in [-0.39, 0.29) is 18.4 Å². The van der Waals surface area contributed by atoms with E-state index >= 15 is 0 Å². The minimum absolute atomic E-state index is 0. The van der Waals surface area contributed by atoms with E-state index in [4.69, 9.17) is 15.2 Å². The van der Waals surface area contributed by atoms with Gasteiger partial charge in [-0.2, -0.15) is 0 Å². The van der Waals surface area contributed by atoms with Crippen LogP contribution in [0.2, 0.25) is 0 Å². The third-order valence-electron chi connectivity index (χ3n) is 1.99. The van der Waals surface area contributed by atoms with Gasteiger partial charge >= 0.3 is 5.97 Å². The van der Waals surface area contributed by atoms with Crippen molar-refractivity contribution >= 4 is 18.4 Å². The lowest BCUT2D eigenvalue weighted by atomic mass is 10.2. The lowest BCUT2D eigenvalue weighted by Gasteiger charge is -2.07. The second-order valence-corrected chi connectivity index (χ2v) is 3.63. The fraction of sp³-hybridized carbons (Fsp3) is 0.909. The van der Waals surface area contributed by atoms with Gasteiger partial charge < -0.3 is 15.2 Å². The molecule has 0 radical (unpaired) electrons. The molecule has 0 bridgehead atoms. The first-order valence-corrected chi connectivity index (χ1v) is 5.68. The quantitative estimate of drug-likeness (QED) is 0.504. The molecule has 0 amide bonds. The van der Waals surface area contributed by atoms with E-state index in [9.17, 15) is 4.79 Å². The molecule has 5 heteroatoms. The summed E-state index contributed by atoms with van der Waals surface area (Å²) in [6, 6.07) is -0.547. The van der Waals surface area contributed by atoms with Gasteiger partial charge in [-0.1, -0.05) is 26.2 Å². The van der Waals surface area contributed by atoms with E-state index in [0.717, 1.165) is 13.0 Å². The molecule has 0 heterocycles. The normalized spacial score (nSPS) is 11.7. The number of halogens is 1. The summed E-state index contributed by atoms with van der Waals surface area (Å²) >= 11 is 0. The van der Waals surface area contributed by atoms with E-state index in [0.29, 0.717) is 13.2 Å². The third-order valence-corrected chi connectivity index (χ3v) is 1.99. The van der Waals surface area contributed by atoms with Crippen LogP contribution < -0.4 is 5.73 Å². The highest BCUT2D eigenvalue weighted by Gasteiger charge is 2.07. The van der Waals surface area contributed by atoms with Gasteiger partial charge in [0.1, 0.15) is 12.6 Å². The molecule has 0 saturated carbocycles. The smallest absolute Gasteiger partial charge is 0.322 e. The van der Waals surface area contributed by atoms with E-state index in [1.165, 1.54) is 19.3 Å². The van der Waals surface area contributed by atoms with Gasteiger partial charge in [-0.25, -0.2) is 0 Å². The van der Waals surface area contributed by atoms with Crippen LogP contribution in [0, 0.1) is 0 Å². The van der Waals surface area contributed by atoms with Crippen LogP contribution in [0.1, 0.15) is 39.5 Å². The van der Waals surface area contributed by atoms with E-state index < -0.39 is 6.04 Å². The number of ether oxygens (including phenoxy) is 2. The van der Waals surface area contributed by atoms with Crippen molar-refractivity contribution in [1.29, 1.82) is 0 Å². The molecule has 0 fully saturated rings. The van der Waals surface area contributed by atoms with Crippen LogP contribution in [-0.4, -0.2) is 31.8 Å². The number of nitrogens with two attached hydrogens (primary N) is 1. The molecule has 16 heavy (non-hydrogen) atoms. The van der Waals surface area contributed by atoms with Gasteiger partial charge in [0.05, 0.1) is 6.61 Å². The minimum Gasteiger partial charge on any atom is -0.462 e. The number of esters is 1. The van der Waals surface area contributed by atoms with Gasteiger partial charge in [0.15, 0.2) is 0 Å². The fourth-order valence-electron chi connectivity index (χ4n) is 1.07. The molecular formula is C11H24ClNO3. The van der Waals surface area contributed by atoms with Crippen molar-refractivity contribution in [3.05, 3.63) is 0 Å². The Labute approximate surface area is 104 Å². The molecule has 0 aromatic rings. The zero-order valence-corrected chi connectivity index (χ0v) is 11.1. The number of carbonyl (C=O) groups excluding carboxylic acids is 1. The Kier molecular flexibility index (Phi) is 14.4. The molecule has 2 N–H and O–H groups in total. The zero-order valence-electron chi connectivity index (χ0n) is 10.2. The topological polar surface area (TPSA) is 61.5 Å². The largest absolute Gasteiger partial charge is 0.462 e. The van der Waals surface area contributed by atoms with Crippen molar-refractivity contribution in [2.24, 2.45) is 5.73 Å². The minimum atomic E-state index is -0.547. The van der Waals surface area contributed by atoms with E-state index in [1.54, 1.807) is 6.92 Å². The first-order valence-electron chi connectivity index (χ1n) is 5.68. The first kappa shape index (κ1) is 18.1. The third kappa shape index (κ3) is 11.8. The monoisotopic (exact) mass is 253 g/mol. The Morgan fingerprint density at radius 3 is 2.44 bits per heavy atom. The molecular weight excluding hydrogens is 230 g/mol. The maximum atomic E-state index is 10.9. The highest BCUT2D eigenvalue weighted by molar-refractivity contribution is 5.85. The van der Waals surface area contributed by atoms with E-state index in [1.807, 2.05) is 0 Å². The first-order chi connectivity index (χ1) is 7.18. The van der Waals surface area contributed by atoms with Gasteiger partial charge in [0.2, 0.25) is 0 Å². The summed E-state index contributed by atoms with van der Waals surface area (Å²) in [5, 5.41) is 0. The fourth-order valence-corrected chi connectivity index (χ4v) is 1.07. The number of unbranched alkanes of at least 4 members (excludes halogenated alkanes) is 3. The highest BCUT2D eigenvalue weighted by Crippen LogP contribution is 1.98. The number of hydrogen-bond acceptors (Lipinski definition) is 4. The Balaban J connectivity index is 0. The van der Waals surface area contributed by atoms with Crippen LogP contribution in [0.3, 0.4) is 0 Å². The summed E-state index contributed by atoms with van der Waals surface area (Å²) in [4.78, 5) is 10.9. The molecule has 0 saturated heterocycles. The van der Waals surface area contributed by atoms with Crippen LogP contribution in [0.25, 0.3) is 0 Å². The van der Waals surface area contributed by atoms with Crippen LogP contribution in [0.5, 0.6) is 0 Å². The Hall–Kier alpha value is -0.320. The van der Waals surface area contributed by atoms with Gasteiger partial charge in [-0.15, -0.1) is 12.4 Å². The van der Waals surface area contributed by atoms with Gasteiger partial charge in [-0.3, -0.25) is 4.79 Å². The SMILES string of the molecule is CCCCCCOCCOC(=O)C(C)N.Cl. The summed E-state index contributed by atoms with van der Waals surface area (Å²) in [6.45, 7) is 5.29. The molecule has 1 unspecified atom stereocenters. The summed E-state index contributed by atoms with van der Waals surface area (Å²) in [5.74, 6) is -0.371. The second kappa shape index (κ2) is 12.7. The van der Waals surface area contributed by atoms with Crippen molar-refractivity contribution < 1.29 is 14.3 Å². The summed E-state index contributed by atoms with van der Waals surface area (Å²) < 4.78 is 10.1. The van der Waals surface area contributed by atoms with Crippen LogP contribution in [0.4, 0.5) is 0 Å². The summed E-state index contributed by atoms with van der Waals surface area (Å²) in [6.07, 6.45) is 4.76. The lowest BCUT2D eigenvalue weighted by Crippen LogP contribution is -2.29. The maximum Gasteiger partial charge on any atom is 0.322 e.